The lowest BCUT2D eigenvalue weighted by Gasteiger charge is -2.25. The minimum absolute atomic E-state index is 0.0131. The van der Waals surface area contributed by atoms with E-state index in [0.29, 0.717) is 23.4 Å². The Morgan fingerprint density at radius 2 is 1.60 bits per heavy atom. The number of anilines is 1. The molecule has 12 heteroatoms. The number of nitrogens with zero attached hydrogens (tertiary/aromatic N) is 6. The molecular formula is C28H22F2N6O4. The second-order valence-electron chi connectivity index (χ2n) is 9.36. The normalized spacial score (nSPS) is 21.8. The second-order valence-corrected chi connectivity index (χ2v) is 9.36. The zero-order valence-electron chi connectivity index (χ0n) is 20.9. The lowest BCUT2D eigenvalue weighted by molar-refractivity contribution is -0.135. The number of alkyl halides is 2. The summed E-state index contributed by atoms with van der Waals surface area (Å²) in [6.45, 7) is -3.26. The van der Waals surface area contributed by atoms with Crippen LogP contribution in [0.4, 0.5) is 14.5 Å². The Kier molecular flexibility index (Phi) is 6.50. The van der Waals surface area contributed by atoms with Gasteiger partial charge in [-0.3, -0.25) is 19.4 Å². The molecule has 0 saturated carbocycles. The maximum Gasteiger partial charge on any atom is 0.387 e. The van der Waals surface area contributed by atoms with Crippen LogP contribution in [0.25, 0.3) is 0 Å². The van der Waals surface area contributed by atoms with Gasteiger partial charge in [-0.2, -0.15) is 19.0 Å². The van der Waals surface area contributed by atoms with Crippen LogP contribution < -0.4 is 9.64 Å². The molecule has 0 aromatic heterocycles. The number of para-hydroxylation sites is 1. The molecule has 3 amide bonds. The number of hydrazone groups is 1. The fraction of sp³-hybridized carbons (Fsp3) is 0.214. The van der Waals surface area contributed by atoms with Crippen LogP contribution in [0.2, 0.25) is 0 Å². The highest BCUT2D eigenvalue weighted by molar-refractivity contribution is 6.25. The van der Waals surface area contributed by atoms with Gasteiger partial charge in [0.2, 0.25) is 0 Å². The van der Waals surface area contributed by atoms with Crippen LogP contribution in [-0.2, 0) is 14.4 Å². The van der Waals surface area contributed by atoms with Gasteiger partial charge in [-0.25, -0.2) is 9.91 Å². The first-order chi connectivity index (χ1) is 19.4. The Hall–Kier alpha value is -5.00. The molecule has 0 bridgehead atoms. The smallest absolute Gasteiger partial charge is 0.387 e. The van der Waals surface area contributed by atoms with Gasteiger partial charge in [0.05, 0.1) is 17.4 Å². The SMILES string of the molecule is O=C1[C@H]2N=NN(CC(=O)N3N=C(c4ccc(OC(F)F)cc4)C[C@@H]3c3ccccc3)[C@@H]2C(=O)N1c1ccccc1. The summed E-state index contributed by atoms with van der Waals surface area (Å²) in [5.41, 5.74) is 2.50. The van der Waals surface area contributed by atoms with Crippen LogP contribution in [0.5, 0.6) is 5.75 Å². The first kappa shape index (κ1) is 25.3. The third-order valence-electron chi connectivity index (χ3n) is 6.93. The van der Waals surface area contributed by atoms with Gasteiger partial charge in [0.15, 0.2) is 12.1 Å². The largest absolute Gasteiger partial charge is 0.435 e. The number of amides is 3. The summed E-state index contributed by atoms with van der Waals surface area (Å²) < 4.78 is 29.5. The molecule has 1 fully saturated rings. The van der Waals surface area contributed by atoms with Gasteiger partial charge in [-0.15, -0.1) is 0 Å². The summed E-state index contributed by atoms with van der Waals surface area (Å²) >= 11 is 0. The standard InChI is InChI=1S/C28H22F2N6O4/c29-28(30)40-20-13-11-17(12-14-20)21-15-22(18-7-3-1-4-8-18)36(32-21)23(37)16-34-25-24(31-33-34)26(38)35(27(25)39)19-9-5-2-6-10-19/h1-14,22,24-25,28H,15-16H2/t22-,24+,25+/m1/s1. The highest BCUT2D eigenvalue weighted by Crippen LogP contribution is 2.35. The van der Waals surface area contributed by atoms with Gasteiger partial charge in [-0.1, -0.05) is 53.8 Å². The molecule has 3 atom stereocenters. The lowest BCUT2D eigenvalue weighted by Crippen LogP contribution is -2.44. The Balaban J connectivity index is 1.24. The Morgan fingerprint density at radius 3 is 2.27 bits per heavy atom. The van der Waals surface area contributed by atoms with Crippen molar-refractivity contribution < 1.29 is 27.9 Å². The van der Waals surface area contributed by atoms with Gasteiger partial charge in [-0.05, 0) is 47.5 Å². The van der Waals surface area contributed by atoms with Gasteiger partial charge < -0.3 is 4.74 Å². The number of hydrogen-bond acceptors (Lipinski definition) is 8. The molecule has 6 rings (SSSR count). The van der Waals surface area contributed by atoms with E-state index < -0.39 is 42.5 Å². The predicted molar refractivity (Wildman–Crippen MR) is 138 cm³/mol. The van der Waals surface area contributed by atoms with Gasteiger partial charge in [0.25, 0.3) is 17.7 Å². The molecule has 202 valence electrons. The summed E-state index contributed by atoms with van der Waals surface area (Å²) in [5, 5.41) is 15.1. The quantitative estimate of drug-likeness (QED) is 0.419. The molecular weight excluding hydrogens is 522 g/mol. The third kappa shape index (κ3) is 4.57. The van der Waals surface area contributed by atoms with E-state index in [1.807, 2.05) is 30.3 Å². The molecule has 0 radical (unpaired) electrons. The molecule has 1 saturated heterocycles. The number of benzene rings is 3. The molecule has 10 nitrogen and oxygen atoms in total. The van der Waals surface area contributed by atoms with E-state index in [1.165, 1.54) is 22.2 Å². The third-order valence-corrected chi connectivity index (χ3v) is 6.93. The Labute approximate surface area is 227 Å². The van der Waals surface area contributed by atoms with Crippen LogP contribution in [0.15, 0.2) is 100 Å². The van der Waals surface area contributed by atoms with Gasteiger partial charge in [0.1, 0.15) is 12.3 Å². The van der Waals surface area contributed by atoms with Gasteiger partial charge in [0, 0.05) is 6.42 Å². The molecule has 0 N–H and O–H groups in total. The number of carbonyl (C=O) groups is 3. The van der Waals surface area contributed by atoms with Crippen molar-refractivity contribution in [1.82, 2.24) is 10.0 Å². The molecule has 0 unspecified atom stereocenters. The number of fused-ring (bicyclic) bond motifs is 1. The number of carbonyl (C=O) groups excluding carboxylic acids is 3. The number of ether oxygens (including phenoxy) is 1. The molecule has 0 spiro atoms. The minimum Gasteiger partial charge on any atom is -0.435 e. The van der Waals surface area contributed by atoms with Crippen molar-refractivity contribution in [2.45, 2.75) is 31.2 Å². The van der Waals surface area contributed by atoms with Crippen molar-refractivity contribution in [2.75, 3.05) is 11.4 Å². The van der Waals surface area contributed by atoms with Gasteiger partial charge >= 0.3 is 6.61 Å². The zero-order chi connectivity index (χ0) is 27.8. The summed E-state index contributed by atoms with van der Waals surface area (Å²) in [6, 6.07) is 21.4. The fourth-order valence-electron chi connectivity index (χ4n) is 5.07. The molecule has 3 aliphatic rings. The number of imide groups is 1. The van der Waals surface area contributed by atoms with Crippen molar-refractivity contribution in [2.24, 2.45) is 15.4 Å². The molecule has 40 heavy (non-hydrogen) atoms. The van der Waals surface area contributed by atoms with Crippen molar-refractivity contribution >= 4 is 29.1 Å². The van der Waals surface area contributed by atoms with Crippen molar-refractivity contribution in [3.05, 3.63) is 96.1 Å². The zero-order valence-corrected chi connectivity index (χ0v) is 20.9. The van der Waals surface area contributed by atoms with Crippen LogP contribution in [0.3, 0.4) is 0 Å². The second kappa shape index (κ2) is 10.3. The van der Waals surface area contributed by atoms with E-state index in [1.54, 1.807) is 42.5 Å². The Bertz CT molecular complexity index is 1500. The van der Waals surface area contributed by atoms with Crippen LogP contribution >= 0.6 is 0 Å². The number of halogens is 2. The van der Waals surface area contributed by atoms with E-state index in [9.17, 15) is 23.2 Å². The van der Waals surface area contributed by atoms with Crippen molar-refractivity contribution in [3.63, 3.8) is 0 Å². The highest BCUT2D eigenvalue weighted by atomic mass is 19.3. The first-order valence-electron chi connectivity index (χ1n) is 12.5. The molecule has 3 heterocycles. The van der Waals surface area contributed by atoms with E-state index >= 15 is 0 Å². The summed E-state index contributed by atoms with van der Waals surface area (Å²) in [7, 11) is 0. The highest BCUT2D eigenvalue weighted by Gasteiger charge is 2.55. The topological polar surface area (TPSA) is 107 Å². The maximum atomic E-state index is 13.6. The lowest BCUT2D eigenvalue weighted by atomic mass is 9.98. The van der Waals surface area contributed by atoms with Crippen molar-refractivity contribution in [1.29, 1.82) is 0 Å². The average molecular weight is 545 g/mol. The molecule has 3 aliphatic heterocycles. The monoisotopic (exact) mass is 544 g/mol. The fourth-order valence-corrected chi connectivity index (χ4v) is 5.07. The number of hydrogen-bond donors (Lipinski definition) is 0. The average Bonchev–Trinajstić information content (AvgIpc) is 3.65. The maximum absolute atomic E-state index is 13.6. The van der Waals surface area contributed by atoms with Crippen LogP contribution in [0.1, 0.15) is 23.6 Å². The molecule has 3 aromatic carbocycles. The number of rotatable bonds is 7. The van der Waals surface area contributed by atoms with E-state index in [0.717, 1.165) is 10.5 Å². The minimum atomic E-state index is -2.94. The predicted octanol–water partition coefficient (Wildman–Crippen LogP) is 3.96. The van der Waals surface area contributed by atoms with E-state index in [2.05, 4.69) is 20.2 Å². The summed E-state index contributed by atoms with van der Waals surface area (Å²) in [5.74, 6) is -1.43. The summed E-state index contributed by atoms with van der Waals surface area (Å²) in [4.78, 5) is 40.9. The van der Waals surface area contributed by atoms with Crippen molar-refractivity contribution in [3.8, 4) is 5.75 Å². The summed E-state index contributed by atoms with van der Waals surface area (Å²) in [6.07, 6.45) is 0.373. The van der Waals surface area contributed by atoms with E-state index in [4.69, 9.17) is 0 Å². The van der Waals surface area contributed by atoms with Crippen LogP contribution in [-0.4, -0.2) is 58.7 Å². The van der Waals surface area contributed by atoms with E-state index in [-0.39, 0.29) is 12.3 Å². The molecule has 3 aromatic rings. The Morgan fingerprint density at radius 1 is 0.925 bits per heavy atom. The molecule has 0 aliphatic carbocycles. The van der Waals surface area contributed by atoms with Crippen LogP contribution in [0, 0.1) is 0 Å². The first-order valence-corrected chi connectivity index (χ1v) is 12.5.